The summed E-state index contributed by atoms with van der Waals surface area (Å²) in [6.45, 7) is 2.06. The van der Waals surface area contributed by atoms with Crippen molar-refractivity contribution in [3.63, 3.8) is 0 Å². The van der Waals surface area contributed by atoms with Gasteiger partial charge in [-0.05, 0) is 49.3 Å². The van der Waals surface area contributed by atoms with Crippen LogP contribution in [0.1, 0.15) is 56.2 Å². The lowest BCUT2D eigenvalue weighted by Crippen LogP contribution is -2.49. The molecule has 1 aromatic heterocycles. The Bertz CT molecular complexity index is 1090. The first-order chi connectivity index (χ1) is 15.5. The lowest BCUT2D eigenvalue weighted by molar-refractivity contribution is -0.136. The van der Waals surface area contributed by atoms with Gasteiger partial charge in [-0.2, -0.15) is 0 Å². The standard InChI is InChI=1S/C27H32N2O3/c1-27-16-22(18-8-3-2-4-9-18)29(24(27)13-7-12-23(30)26(27)32)25(31)15-14-19-17-28-21-11-6-5-10-20(19)21/h2-6,8-11,17,22-24,26,28,30,32H,7,12-16H2,1H3/t22-,23-,24-,26-,27-/m1/s1. The number of benzene rings is 2. The third-order valence-electron chi connectivity index (χ3n) is 7.84. The van der Waals surface area contributed by atoms with Crippen LogP contribution in [-0.4, -0.2) is 44.3 Å². The number of carbonyl (C=O) groups excluding carboxylic acids is 1. The van der Waals surface area contributed by atoms with E-state index >= 15 is 0 Å². The molecule has 5 rings (SSSR count). The van der Waals surface area contributed by atoms with Gasteiger partial charge in [0.2, 0.25) is 5.91 Å². The van der Waals surface area contributed by atoms with E-state index in [1.165, 1.54) is 5.39 Å². The van der Waals surface area contributed by atoms with Gasteiger partial charge in [0.25, 0.3) is 0 Å². The van der Waals surface area contributed by atoms with E-state index in [0.717, 1.165) is 29.5 Å². The number of aryl methyl sites for hydroxylation is 1. The second kappa shape index (κ2) is 8.38. The van der Waals surface area contributed by atoms with Crippen molar-refractivity contribution in [3.05, 3.63) is 71.9 Å². The lowest BCUT2D eigenvalue weighted by atomic mass is 9.74. The van der Waals surface area contributed by atoms with Gasteiger partial charge in [0.1, 0.15) is 0 Å². The Kier molecular flexibility index (Phi) is 5.56. The number of H-pyrrole nitrogens is 1. The van der Waals surface area contributed by atoms with Crippen molar-refractivity contribution >= 4 is 16.8 Å². The lowest BCUT2D eigenvalue weighted by Gasteiger charge is -2.38. The number of para-hydroxylation sites is 1. The van der Waals surface area contributed by atoms with Gasteiger partial charge in [-0.25, -0.2) is 0 Å². The van der Waals surface area contributed by atoms with Crippen molar-refractivity contribution in [2.75, 3.05) is 0 Å². The number of aromatic nitrogens is 1. The summed E-state index contributed by atoms with van der Waals surface area (Å²) in [6, 6.07) is 18.2. The van der Waals surface area contributed by atoms with E-state index in [2.05, 4.69) is 36.2 Å². The molecule has 5 heteroatoms. The Hall–Kier alpha value is -2.63. The summed E-state index contributed by atoms with van der Waals surface area (Å²) >= 11 is 0. The van der Waals surface area contributed by atoms with E-state index in [-0.39, 0.29) is 18.0 Å². The minimum absolute atomic E-state index is 0.0738. The van der Waals surface area contributed by atoms with Gasteiger partial charge in [-0.15, -0.1) is 0 Å². The zero-order valence-electron chi connectivity index (χ0n) is 18.6. The molecule has 0 bridgehead atoms. The van der Waals surface area contributed by atoms with Gasteiger partial charge in [0, 0.05) is 35.0 Å². The van der Waals surface area contributed by atoms with Gasteiger partial charge in [0.15, 0.2) is 0 Å². The molecule has 0 unspecified atom stereocenters. The average Bonchev–Trinajstić information content (AvgIpc) is 3.34. The van der Waals surface area contributed by atoms with Crippen LogP contribution in [0.5, 0.6) is 0 Å². The molecule has 1 saturated heterocycles. The van der Waals surface area contributed by atoms with Crippen LogP contribution in [0, 0.1) is 5.41 Å². The molecule has 1 aliphatic carbocycles. The zero-order chi connectivity index (χ0) is 22.3. The minimum atomic E-state index is -0.826. The van der Waals surface area contributed by atoms with Crippen LogP contribution in [0.4, 0.5) is 0 Å². The molecule has 5 nitrogen and oxygen atoms in total. The number of fused-ring (bicyclic) bond motifs is 2. The quantitative estimate of drug-likeness (QED) is 0.574. The summed E-state index contributed by atoms with van der Waals surface area (Å²) in [7, 11) is 0. The van der Waals surface area contributed by atoms with Crippen LogP contribution in [0.3, 0.4) is 0 Å². The van der Waals surface area contributed by atoms with Gasteiger partial charge in [-0.1, -0.05) is 55.5 Å². The van der Waals surface area contributed by atoms with Crippen molar-refractivity contribution in [2.45, 2.75) is 69.7 Å². The summed E-state index contributed by atoms with van der Waals surface area (Å²) in [5.74, 6) is 0.126. The third kappa shape index (κ3) is 3.54. The number of nitrogens with one attached hydrogen (secondary N) is 1. The number of nitrogens with zero attached hydrogens (tertiary/aromatic N) is 1. The van der Waals surface area contributed by atoms with E-state index in [1.807, 2.05) is 41.4 Å². The molecule has 2 aromatic carbocycles. The topological polar surface area (TPSA) is 76.6 Å². The van der Waals surface area contributed by atoms with Crippen LogP contribution in [-0.2, 0) is 11.2 Å². The molecule has 2 heterocycles. The molecular formula is C27H32N2O3. The van der Waals surface area contributed by atoms with Crippen molar-refractivity contribution in [2.24, 2.45) is 5.41 Å². The smallest absolute Gasteiger partial charge is 0.223 e. The Morgan fingerprint density at radius 2 is 1.84 bits per heavy atom. The first-order valence-electron chi connectivity index (χ1n) is 11.8. The van der Waals surface area contributed by atoms with E-state index in [1.54, 1.807) is 0 Å². The molecule has 32 heavy (non-hydrogen) atoms. The largest absolute Gasteiger partial charge is 0.390 e. The van der Waals surface area contributed by atoms with E-state index in [4.69, 9.17) is 0 Å². The number of carbonyl (C=O) groups is 1. The van der Waals surface area contributed by atoms with Crippen molar-refractivity contribution in [1.82, 2.24) is 9.88 Å². The van der Waals surface area contributed by atoms with Crippen molar-refractivity contribution in [3.8, 4) is 0 Å². The number of hydrogen-bond acceptors (Lipinski definition) is 3. The highest BCUT2D eigenvalue weighted by molar-refractivity contribution is 5.84. The summed E-state index contributed by atoms with van der Waals surface area (Å²) in [5, 5.41) is 22.7. The SMILES string of the molecule is C[C@@]12C[C@H](c3ccccc3)N(C(=O)CCc3c[nH]c4ccccc34)[C@@H]1CCC[C@@H](O)[C@H]2O. The number of aliphatic hydroxyl groups excluding tert-OH is 2. The molecule has 0 spiro atoms. The number of aliphatic hydroxyl groups is 2. The van der Waals surface area contributed by atoms with Crippen LogP contribution < -0.4 is 0 Å². The summed E-state index contributed by atoms with van der Waals surface area (Å²) in [6.07, 6.45) is 4.42. The van der Waals surface area contributed by atoms with Crippen molar-refractivity contribution in [1.29, 1.82) is 0 Å². The molecule has 5 atom stereocenters. The maximum atomic E-state index is 13.7. The van der Waals surface area contributed by atoms with Crippen LogP contribution in [0.25, 0.3) is 10.9 Å². The fraction of sp³-hybridized carbons (Fsp3) is 0.444. The van der Waals surface area contributed by atoms with Gasteiger partial charge in [0.05, 0.1) is 18.2 Å². The summed E-state index contributed by atoms with van der Waals surface area (Å²) < 4.78 is 0. The highest BCUT2D eigenvalue weighted by Crippen LogP contribution is 2.53. The molecule has 3 aromatic rings. The van der Waals surface area contributed by atoms with Crippen LogP contribution >= 0.6 is 0 Å². The van der Waals surface area contributed by atoms with Gasteiger partial charge < -0.3 is 20.1 Å². The third-order valence-corrected chi connectivity index (χ3v) is 7.84. The number of aromatic amines is 1. The van der Waals surface area contributed by atoms with Crippen LogP contribution in [0.15, 0.2) is 60.8 Å². The van der Waals surface area contributed by atoms with Gasteiger partial charge >= 0.3 is 0 Å². The minimum Gasteiger partial charge on any atom is -0.390 e. The highest BCUT2D eigenvalue weighted by atomic mass is 16.3. The zero-order valence-corrected chi connectivity index (χ0v) is 18.6. The predicted molar refractivity (Wildman–Crippen MR) is 125 cm³/mol. The Balaban J connectivity index is 1.45. The molecule has 1 saturated carbocycles. The van der Waals surface area contributed by atoms with Crippen molar-refractivity contribution < 1.29 is 15.0 Å². The van der Waals surface area contributed by atoms with E-state index < -0.39 is 17.6 Å². The fourth-order valence-corrected chi connectivity index (χ4v) is 6.10. The predicted octanol–water partition coefficient (Wildman–Crippen LogP) is 4.35. The normalized spacial score (nSPS) is 30.3. The maximum absolute atomic E-state index is 13.7. The molecule has 1 amide bonds. The molecule has 2 fully saturated rings. The number of hydrogen-bond donors (Lipinski definition) is 3. The highest BCUT2D eigenvalue weighted by Gasteiger charge is 2.56. The molecular weight excluding hydrogens is 400 g/mol. The van der Waals surface area contributed by atoms with Crippen LogP contribution in [0.2, 0.25) is 0 Å². The second-order valence-electron chi connectivity index (χ2n) is 9.76. The Morgan fingerprint density at radius 1 is 1.09 bits per heavy atom. The molecule has 0 radical (unpaired) electrons. The molecule has 168 valence electrons. The second-order valence-corrected chi connectivity index (χ2v) is 9.76. The van der Waals surface area contributed by atoms with Gasteiger partial charge in [-0.3, -0.25) is 4.79 Å². The Labute approximate surface area is 189 Å². The fourth-order valence-electron chi connectivity index (χ4n) is 6.10. The molecule has 3 N–H and O–H groups in total. The summed E-state index contributed by atoms with van der Waals surface area (Å²) in [4.78, 5) is 19.1. The monoisotopic (exact) mass is 432 g/mol. The average molecular weight is 433 g/mol. The first-order valence-corrected chi connectivity index (χ1v) is 11.8. The first kappa shape index (κ1) is 21.2. The maximum Gasteiger partial charge on any atom is 0.223 e. The number of amides is 1. The molecule has 1 aliphatic heterocycles. The van der Waals surface area contributed by atoms with E-state index in [9.17, 15) is 15.0 Å². The number of rotatable bonds is 4. The Morgan fingerprint density at radius 3 is 2.66 bits per heavy atom. The van der Waals surface area contributed by atoms with E-state index in [0.29, 0.717) is 25.7 Å². The summed E-state index contributed by atoms with van der Waals surface area (Å²) in [5.41, 5.74) is 2.83. The molecule has 2 aliphatic rings. The number of likely N-dealkylation sites (tertiary alicyclic amines) is 1.